The maximum Gasteiger partial charge on any atom is 0.238 e. The molecule has 1 aromatic rings. The van der Waals surface area contributed by atoms with Crippen LogP contribution in [0.2, 0.25) is 0 Å². The van der Waals surface area contributed by atoms with E-state index in [-0.39, 0.29) is 36.8 Å². The second-order valence-electron chi connectivity index (χ2n) is 5.83. The summed E-state index contributed by atoms with van der Waals surface area (Å²) in [7, 11) is 1.70. The second-order valence-corrected chi connectivity index (χ2v) is 5.83. The third kappa shape index (κ3) is 6.67. The SMILES string of the molecule is CC(C)[C@@H](C)NC(=O)CN(C)CC(=O)Nc1ccc(F)cc1. The summed E-state index contributed by atoms with van der Waals surface area (Å²) < 4.78 is 12.8. The van der Waals surface area contributed by atoms with Crippen LogP contribution in [0.5, 0.6) is 0 Å². The first kappa shape index (κ1) is 18.1. The summed E-state index contributed by atoms with van der Waals surface area (Å²) in [5, 5.41) is 5.54. The second kappa shape index (κ2) is 8.48. The minimum Gasteiger partial charge on any atom is -0.352 e. The number of nitrogens with one attached hydrogen (secondary N) is 2. The summed E-state index contributed by atoms with van der Waals surface area (Å²) in [6.45, 7) is 6.24. The van der Waals surface area contributed by atoms with Crippen molar-refractivity contribution in [2.45, 2.75) is 26.8 Å². The van der Waals surface area contributed by atoms with Crippen LogP contribution < -0.4 is 10.6 Å². The van der Waals surface area contributed by atoms with E-state index in [0.717, 1.165) is 0 Å². The molecule has 0 saturated carbocycles. The molecule has 2 amide bonds. The van der Waals surface area contributed by atoms with E-state index in [1.807, 2.05) is 20.8 Å². The minimum atomic E-state index is -0.355. The number of benzene rings is 1. The first-order valence-corrected chi connectivity index (χ1v) is 7.31. The van der Waals surface area contributed by atoms with Crippen molar-refractivity contribution in [3.8, 4) is 0 Å². The normalized spacial score (nSPS) is 12.3. The molecular weight excluding hydrogens is 285 g/mol. The molecule has 1 rings (SSSR count). The van der Waals surface area contributed by atoms with Crippen molar-refractivity contribution < 1.29 is 14.0 Å². The molecule has 1 aromatic carbocycles. The van der Waals surface area contributed by atoms with Gasteiger partial charge in [0.2, 0.25) is 11.8 Å². The predicted octanol–water partition coefficient (Wildman–Crippen LogP) is 1.86. The molecule has 0 fully saturated rings. The molecule has 122 valence electrons. The van der Waals surface area contributed by atoms with E-state index in [1.54, 1.807) is 11.9 Å². The van der Waals surface area contributed by atoms with Gasteiger partial charge in [-0.25, -0.2) is 4.39 Å². The number of hydrogen-bond donors (Lipinski definition) is 2. The monoisotopic (exact) mass is 309 g/mol. The van der Waals surface area contributed by atoms with E-state index in [0.29, 0.717) is 11.6 Å². The fourth-order valence-electron chi connectivity index (χ4n) is 1.75. The van der Waals surface area contributed by atoms with Crippen molar-refractivity contribution in [1.29, 1.82) is 0 Å². The topological polar surface area (TPSA) is 61.4 Å². The Labute approximate surface area is 130 Å². The lowest BCUT2D eigenvalue weighted by Crippen LogP contribution is -2.43. The van der Waals surface area contributed by atoms with Crippen LogP contribution in [-0.4, -0.2) is 42.9 Å². The summed E-state index contributed by atoms with van der Waals surface area (Å²) in [6.07, 6.45) is 0. The lowest BCUT2D eigenvalue weighted by atomic mass is 10.1. The van der Waals surface area contributed by atoms with Gasteiger partial charge in [-0.2, -0.15) is 0 Å². The van der Waals surface area contributed by atoms with E-state index in [2.05, 4.69) is 10.6 Å². The van der Waals surface area contributed by atoms with Gasteiger partial charge >= 0.3 is 0 Å². The molecule has 0 bridgehead atoms. The van der Waals surface area contributed by atoms with Crippen LogP contribution in [0.15, 0.2) is 24.3 Å². The molecule has 0 aromatic heterocycles. The quantitative estimate of drug-likeness (QED) is 0.808. The fraction of sp³-hybridized carbons (Fsp3) is 0.500. The smallest absolute Gasteiger partial charge is 0.238 e. The number of anilines is 1. The van der Waals surface area contributed by atoms with Crippen molar-refractivity contribution in [1.82, 2.24) is 10.2 Å². The van der Waals surface area contributed by atoms with Gasteiger partial charge in [0, 0.05) is 11.7 Å². The van der Waals surface area contributed by atoms with E-state index in [9.17, 15) is 14.0 Å². The van der Waals surface area contributed by atoms with Crippen molar-refractivity contribution in [2.24, 2.45) is 5.92 Å². The van der Waals surface area contributed by atoms with Crippen molar-refractivity contribution in [3.63, 3.8) is 0 Å². The Morgan fingerprint density at radius 3 is 2.18 bits per heavy atom. The number of amides is 2. The summed E-state index contributed by atoms with van der Waals surface area (Å²) in [5.74, 6) is -0.362. The Hall–Kier alpha value is -1.95. The first-order chi connectivity index (χ1) is 10.3. The zero-order valence-electron chi connectivity index (χ0n) is 13.5. The van der Waals surface area contributed by atoms with Gasteiger partial charge in [0.1, 0.15) is 5.82 Å². The largest absolute Gasteiger partial charge is 0.352 e. The van der Waals surface area contributed by atoms with Crippen LogP contribution in [0.1, 0.15) is 20.8 Å². The molecular formula is C16H24FN3O2. The summed E-state index contributed by atoms with van der Waals surface area (Å²) >= 11 is 0. The molecule has 6 heteroatoms. The molecule has 0 aliphatic heterocycles. The maximum atomic E-state index is 12.8. The molecule has 2 N–H and O–H groups in total. The third-order valence-electron chi connectivity index (χ3n) is 3.34. The first-order valence-electron chi connectivity index (χ1n) is 7.31. The van der Waals surface area contributed by atoms with Gasteiger partial charge in [0.05, 0.1) is 13.1 Å². The van der Waals surface area contributed by atoms with Crippen molar-refractivity contribution in [3.05, 3.63) is 30.1 Å². The average Bonchev–Trinajstić information content (AvgIpc) is 2.40. The molecule has 0 heterocycles. The van der Waals surface area contributed by atoms with E-state index < -0.39 is 0 Å². The van der Waals surface area contributed by atoms with Crippen LogP contribution >= 0.6 is 0 Å². The van der Waals surface area contributed by atoms with E-state index in [1.165, 1.54) is 24.3 Å². The summed E-state index contributed by atoms with van der Waals surface area (Å²) in [4.78, 5) is 25.3. The molecule has 5 nitrogen and oxygen atoms in total. The number of halogens is 1. The van der Waals surface area contributed by atoms with Crippen LogP contribution in [0.3, 0.4) is 0 Å². The van der Waals surface area contributed by atoms with Crippen LogP contribution in [0.25, 0.3) is 0 Å². The number of carbonyl (C=O) groups excluding carboxylic acids is 2. The van der Waals surface area contributed by atoms with E-state index in [4.69, 9.17) is 0 Å². The molecule has 0 aliphatic carbocycles. The molecule has 0 radical (unpaired) electrons. The Bertz CT molecular complexity index is 503. The highest BCUT2D eigenvalue weighted by molar-refractivity contribution is 5.92. The number of rotatable bonds is 7. The lowest BCUT2D eigenvalue weighted by molar-refractivity contribution is -0.123. The Morgan fingerprint density at radius 2 is 1.64 bits per heavy atom. The van der Waals surface area contributed by atoms with Gasteiger partial charge in [-0.1, -0.05) is 13.8 Å². The predicted molar refractivity (Wildman–Crippen MR) is 85.0 cm³/mol. The average molecular weight is 309 g/mol. The standard InChI is InChI=1S/C16H24FN3O2/c1-11(2)12(3)18-15(21)9-20(4)10-16(22)19-14-7-5-13(17)6-8-14/h5-8,11-12H,9-10H2,1-4H3,(H,18,21)(H,19,22)/t12-/m1/s1. The number of carbonyl (C=O) groups is 2. The number of nitrogens with zero attached hydrogens (tertiary/aromatic N) is 1. The molecule has 1 atom stereocenters. The van der Waals surface area contributed by atoms with Crippen LogP contribution in [0, 0.1) is 11.7 Å². The molecule has 0 aliphatic rings. The van der Waals surface area contributed by atoms with Crippen molar-refractivity contribution in [2.75, 3.05) is 25.5 Å². The van der Waals surface area contributed by atoms with Gasteiger partial charge in [-0.3, -0.25) is 14.5 Å². The highest BCUT2D eigenvalue weighted by Gasteiger charge is 2.14. The van der Waals surface area contributed by atoms with Gasteiger partial charge in [0.25, 0.3) is 0 Å². The zero-order valence-corrected chi connectivity index (χ0v) is 13.5. The van der Waals surface area contributed by atoms with Crippen LogP contribution in [0.4, 0.5) is 10.1 Å². The van der Waals surface area contributed by atoms with Crippen LogP contribution in [-0.2, 0) is 9.59 Å². The van der Waals surface area contributed by atoms with Gasteiger partial charge in [-0.05, 0) is 44.2 Å². The Kier molecular flexibility index (Phi) is 6.98. The lowest BCUT2D eigenvalue weighted by Gasteiger charge is -2.20. The third-order valence-corrected chi connectivity index (χ3v) is 3.34. The fourth-order valence-corrected chi connectivity index (χ4v) is 1.75. The number of likely N-dealkylation sites (N-methyl/N-ethyl adjacent to an activating group) is 1. The Morgan fingerprint density at radius 1 is 1.09 bits per heavy atom. The van der Waals surface area contributed by atoms with E-state index >= 15 is 0 Å². The van der Waals surface area contributed by atoms with Gasteiger partial charge in [-0.15, -0.1) is 0 Å². The summed E-state index contributed by atoms with van der Waals surface area (Å²) in [5.41, 5.74) is 0.526. The minimum absolute atomic E-state index is 0.0842. The highest BCUT2D eigenvalue weighted by atomic mass is 19.1. The Balaban J connectivity index is 2.37. The van der Waals surface area contributed by atoms with Crippen molar-refractivity contribution >= 4 is 17.5 Å². The highest BCUT2D eigenvalue weighted by Crippen LogP contribution is 2.08. The molecule has 0 saturated heterocycles. The molecule has 0 unspecified atom stereocenters. The zero-order chi connectivity index (χ0) is 16.7. The number of hydrogen-bond acceptors (Lipinski definition) is 3. The maximum absolute atomic E-state index is 12.8. The molecule has 0 spiro atoms. The van der Waals surface area contributed by atoms with Gasteiger partial charge < -0.3 is 10.6 Å². The molecule has 22 heavy (non-hydrogen) atoms. The summed E-state index contributed by atoms with van der Waals surface area (Å²) in [6, 6.07) is 5.63. The van der Waals surface area contributed by atoms with Gasteiger partial charge in [0.15, 0.2) is 0 Å².